The standard InChI is InChI=1S/C8H19N3.3ClH/c9-3-1-4-11-5-2-8(6-10)7-11;;;/h8H,1-7,9-10H2;3*1H/t8-;;;/m0.../s1. The van der Waals surface area contributed by atoms with Crippen LogP contribution in [0.2, 0.25) is 0 Å². The van der Waals surface area contributed by atoms with Crippen LogP contribution in [0.3, 0.4) is 0 Å². The maximum Gasteiger partial charge on any atom is 0.00222 e. The lowest BCUT2D eigenvalue weighted by atomic mass is 10.1. The van der Waals surface area contributed by atoms with Gasteiger partial charge in [-0.15, -0.1) is 37.2 Å². The van der Waals surface area contributed by atoms with Gasteiger partial charge in [0.1, 0.15) is 0 Å². The molecule has 6 heteroatoms. The van der Waals surface area contributed by atoms with Crippen molar-refractivity contribution in [3.05, 3.63) is 0 Å². The van der Waals surface area contributed by atoms with Gasteiger partial charge < -0.3 is 16.4 Å². The number of hydrogen-bond donors (Lipinski definition) is 2. The molecule has 3 nitrogen and oxygen atoms in total. The first-order chi connectivity index (χ1) is 5.36. The maximum absolute atomic E-state index is 5.57. The molecule has 0 spiro atoms. The summed E-state index contributed by atoms with van der Waals surface area (Å²) in [6.07, 6.45) is 2.40. The summed E-state index contributed by atoms with van der Waals surface area (Å²) in [6, 6.07) is 0. The lowest BCUT2D eigenvalue weighted by Crippen LogP contribution is -2.25. The van der Waals surface area contributed by atoms with Gasteiger partial charge >= 0.3 is 0 Å². The van der Waals surface area contributed by atoms with Crippen LogP contribution in [0.25, 0.3) is 0 Å². The zero-order valence-electron chi connectivity index (χ0n) is 8.35. The molecule has 1 fully saturated rings. The van der Waals surface area contributed by atoms with Gasteiger partial charge in [-0.25, -0.2) is 0 Å². The van der Waals surface area contributed by atoms with Crippen LogP contribution in [0.4, 0.5) is 0 Å². The van der Waals surface area contributed by atoms with Crippen molar-refractivity contribution in [2.75, 3.05) is 32.7 Å². The fourth-order valence-corrected chi connectivity index (χ4v) is 1.62. The smallest absolute Gasteiger partial charge is 0.00222 e. The number of nitrogens with zero attached hydrogens (tertiary/aromatic N) is 1. The molecule has 1 atom stereocenters. The van der Waals surface area contributed by atoms with Crippen molar-refractivity contribution in [1.82, 2.24) is 4.90 Å². The monoisotopic (exact) mass is 265 g/mol. The highest BCUT2D eigenvalue weighted by atomic mass is 35.5. The molecule has 1 aliphatic heterocycles. The molecular weight excluding hydrogens is 244 g/mol. The largest absolute Gasteiger partial charge is 0.330 e. The molecule has 0 radical (unpaired) electrons. The van der Waals surface area contributed by atoms with Crippen molar-refractivity contribution in [2.45, 2.75) is 12.8 Å². The molecule has 0 saturated carbocycles. The third-order valence-electron chi connectivity index (χ3n) is 2.38. The summed E-state index contributed by atoms with van der Waals surface area (Å²) < 4.78 is 0. The minimum Gasteiger partial charge on any atom is -0.330 e. The predicted molar refractivity (Wildman–Crippen MR) is 69.0 cm³/mol. The van der Waals surface area contributed by atoms with E-state index >= 15 is 0 Å². The fourth-order valence-electron chi connectivity index (χ4n) is 1.62. The normalized spacial score (nSPS) is 20.6. The maximum atomic E-state index is 5.57. The van der Waals surface area contributed by atoms with Crippen molar-refractivity contribution >= 4 is 37.2 Å². The third kappa shape index (κ3) is 7.10. The Morgan fingerprint density at radius 1 is 1.14 bits per heavy atom. The Morgan fingerprint density at radius 2 is 1.79 bits per heavy atom. The molecule has 1 aliphatic rings. The highest BCUT2D eigenvalue weighted by Gasteiger charge is 2.19. The van der Waals surface area contributed by atoms with E-state index in [0.29, 0.717) is 0 Å². The predicted octanol–water partition coefficient (Wildman–Crippen LogP) is 0.881. The fraction of sp³-hybridized carbons (Fsp3) is 1.00. The van der Waals surface area contributed by atoms with Crippen molar-refractivity contribution in [2.24, 2.45) is 17.4 Å². The number of hydrogen-bond acceptors (Lipinski definition) is 3. The van der Waals surface area contributed by atoms with E-state index in [2.05, 4.69) is 4.90 Å². The molecule has 14 heavy (non-hydrogen) atoms. The Morgan fingerprint density at radius 3 is 2.21 bits per heavy atom. The van der Waals surface area contributed by atoms with E-state index in [1.54, 1.807) is 0 Å². The SMILES string of the molecule is Cl.Cl.Cl.NCCCN1CC[C@@H](CN)C1. The Kier molecular flexibility index (Phi) is 17.1. The number of likely N-dealkylation sites (tertiary alicyclic amines) is 1. The molecule has 0 aliphatic carbocycles. The minimum absolute atomic E-state index is 0. The molecule has 0 unspecified atom stereocenters. The Labute approximate surface area is 105 Å². The summed E-state index contributed by atoms with van der Waals surface area (Å²) in [5.74, 6) is 0.743. The van der Waals surface area contributed by atoms with E-state index < -0.39 is 0 Å². The second-order valence-corrected chi connectivity index (χ2v) is 3.33. The van der Waals surface area contributed by atoms with E-state index in [-0.39, 0.29) is 37.2 Å². The summed E-state index contributed by atoms with van der Waals surface area (Å²) >= 11 is 0. The topological polar surface area (TPSA) is 55.3 Å². The quantitative estimate of drug-likeness (QED) is 0.794. The van der Waals surface area contributed by atoms with Crippen molar-refractivity contribution < 1.29 is 0 Å². The first-order valence-electron chi connectivity index (χ1n) is 4.49. The van der Waals surface area contributed by atoms with Crippen LogP contribution >= 0.6 is 37.2 Å². The average molecular weight is 267 g/mol. The van der Waals surface area contributed by atoms with Crippen LogP contribution in [-0.2, 0) is 0 Å². The molecule has 90 valence electrons. The Bertz CT molecular complexity index is 116. The average Bonchev–Trinajstić information content (AvgIpc) is 2.48. The lowest BCUT2D eigenvalue weighted by molar-refractivity contribution is 0.323. The summed E-state index contributed by atoms with van der Waals surface area (Å²) in [5.41, 5.74) is 11.0. The van der Waals surface area contributed by atoms with Gasteiger partial charge in [0.2, 0.25) is 0 Å². The Hall–Kier alpha value is 0.750. The summed E-state index contributed by atoms with van der Waals surface area (Å²) in [7, 11) is 0. The zero-order chi connectivity index (χ0) is 8.10. The second-order valence-electron chi connectivity index (χ2n) is 3.33. The number of halogens is 3. The summed E-state index contributed by atoms with van der Waals surface area (Å²) in [5, 5.41) is 0. The van der Waals surface area contributed by atoms with E-state index in [9.17, 15) is 0 Å². The van der Waals surface area contributed by atoms with E-state index in [1.165, 1.54) is 19.5 Å². The minimum atomic E-state index is 0. The highest BCUT2D eigenvalue weighted by Crippen LogP contribution is 2.14. The van der Waals surface area contributed by atoms with Gasteiger partial charge in [0.05, 0.1) is 0 Å². The lowest BCUT2D eigenvalue weighted by Gasteiger charge is -2.14. The van der Waals surface area contributed by atoms with Crippen molar-refractivity contribution in [3.63, 3.8) is 0 Å². The van der Waals surface area contributed by atoms with Crippen molar-refractivity contribution in [3.8, 4) is 0 Å². The highest BCUT2D eigenvalue weighted by molar-refractivity contribution is 5.86. The Balaban J connectivity index is -0.000000403. The molecule has 1 heterocycles. The van der Waals surface area contributed by atoms with Gasteiger partial charge in [0.15, 0.2) is 0 Å². The van der Waals surface area contributed by atoms with Crippen LogP contribution < -0.4 is 11.5 Å². The number of nitrogens with two attached hydrogens (primary N) is 2. The zero-order valence-corrected chi connectivity index (χ0v) is 10.8. The van der Waals surface area contributed by atoms with Crippen molar-refractivity contribution in [1.29, 1.82) is 0 Å². The van der Waals surface area contributed by atoms with Crippen LogP contribution in [0.1, 0.15) is 12.8 Å². The van der Waals surface area contributed by atoms with Crippen LogP contribution in [0.5, 0.6) is 0 Å². The summed E-state index contributed by atoms with van der Waals surface area (Å²) in [6.45, 7) is 5.23. The van der Waals surface area contributed by atoms with Gasteiger partial charge in [-0.05, 0) is 44.9 Å². The number of rotatable bonds is 4. The van der Waals surface area contributed by atoms with Gasteiger partial charge in [-0.2, -0.15) is 0 Å². The second kappa shape index (κ2) is 11.8. The van der Waals surface area contributed by atoms with Gasteiger partial charge in [0, 0.05) is 6.54 Å². The van der Waals surface area contributed by atoms with Gasteiger partial charge in [-0.3, -0.25) is 0 Å². The van der Waals surface area contributed by atoms with E-state index in [4.69, 9.17) is 11.5 Å². The molecule has 4 N–H and O–H groups in total. The molecule has 1 saturated heterocycles. The van der Waals surface area contributed by atoms with E-state index in [1.807, 2.05) is 0 Å². The molecule has 0 bridgehead atoms. The molecule has 0 aromatic rings. The van der Waals surface area contributed by atoms with Gasteiger partial charge in [0.25, 0.3) is 0 Å². The van der Waals surface area contributed by atoms with Gasteiger partial charge in [-0.1, -0.05) is 0 Å². The summed E-state index contributed by atoms with van der Waals surface area (Å²) in [4.78, 5) is 2.46. The first-order valence-corrected chi connectivity index (χ1v) is 4.49. The van der Waals surface area contributed by atoms with E-state index in [0.717, 1.165) is 32.0 Å². The van der Waals surface area contributed by atoms with Crippen LogP contribution in [0, 0.1) is 5.92 Å². The molecule has 1 rings (SSSR count). The molecule has 0 aromatic heterocycles. The molecule has 0 aromatic carbocycles. The third-order valence-corrected chi connectivity index (χ3v) is 2.38. The first kappa shape index (κ1) is 20.2. The van der Waals surface area contributed by atoms with Crippen LogP contribution in [0.15, 0.2) is 0 Å². The molecular formula is C8H22Cl3N3. The molecule has 0 amide bonds. The van der Waals surface area contributed by atoms with Crippen LogP contribution in [-0.4, -0.2) is 37.6 Å².